The van der Waals surface area contributed by atoms with Crippen LogP contribution < -0.4 is 5.73 Å². The van der Waals surface area contributed by atoms with Gasteiger partial charge in [0.25, 0.3) is 0 Å². The summed E-state index contributed by atoms with van der Waals surface area (Å²) < 4.78 is 21.9. The summed E-state index contributed by atoms with van der Waals surface area (Å²) in [5.74, 6) is 1.19. The molecule has 0 saturated carbocycles. The molecule has 0 spiro atoms. The first-order valence-corrected chi connectivity index (χ1v) is 7.07. The van der Waals surface area contributed by atoms with E-state index in [1.165, 1.54) is 6.42 Å². The molecular weight excluding hydrogens is 200 g/mol. The quantitative estimate of drug-likeness (QED) is 0.688. The average Bonchev–Trinajstić information content (AvgIpc) is 2.05. The highest BCUT2D eigenvalue weighted by Crippen LogP contribution is 2.26. The van der Waals surface area contributed by atoms with Crippen LogP contribution in [-0.2, 0) is 9.84 Å². The Hall–Kier alpha value is -0.130. The first-order valence-electron chi connectivity index (χ1n) is 5.25. The number of nitrogens with zero attached hydrogens (tertiary/aromatic N) is 1. The zero-order valence-corrected chi connectivity index (χ0v) is 9.17. The first kappa shape index (κ1) is 10.4. The molecule has 14 heavy (non-hydrogen) atoms. The predicted octanol–water partition coefficient (Wildman–Crippen LogP) is -0.546. The van der Waals surface area contributed by atoms with Gasteiger partial charge in [-0.15, -0.1) is 0 Å². The molecule has 4 nitrogen and oxygen atoms in total. The summed E-state index contributed by atoms with van der Waals surface area (Å²) in [6, 6.07) is 0.628. The zero-order chi connectivity index (χ0) is 10.2. The number of hydrogen-bond acceptors (Lipinski definition) is 4. The second-order valence-corrected chi connectivity index (χ2v) is 6.61. The van der Waals surface area contributed by atoms with Crippen LogP contribution in [0, 0.1) is 5.92 Å². The molecular formula is C9H18N2O2S. The van der Waals surface area contributed by atoms with Gasteiger partial charge in [0.1, 0.15) is 0 Å². The van der Waals surface area contributed by atoms with Crippen molar-refractivity contribution >= 4 is 9.84 Å². The summed E-state index contributed by atoms with van der Waals surface area (Å²) in [5, 5.41) is 0. The molecule has 0 aliphatic carbocycles. The van der Waals surface area contributed by atoms with Crippen molar-refractivity contribution in [2.24, 2.45) is 11.7 Å². The van der Waals surface area contributed by atoms with Gasteiger partial charge in [-0.25, -0.2) is 8.42 Å². The van der Waals surface area contributed by atoms with Crippen molar-refractivity contribution < 1.29 is 8.42 Å². The second-order valence-electron chi connectivity index (χ2n) is 4.46. The minimum absolute atomic E-state index is 0.389. The van der Waals surface area contributed by atoms with Gasteiger partial charge in [0.15, 0.2) is 9.84 Å². The highest BCUT2D eigenvalue weighted by Gasteiger charge is 2.37. The molecule has 2 saturated heterocycles. The van der Waals surface area contributed by atoms with Crippen molar-refractivity contribution in [1.29, 1.82) is 0 Å². The summed E-state index contributed by atoms with van der Waals surface area (Å²) in [5.41, 5.74) is 5.50. The van der Waals surface area contributed by atoms with Gasteiger partial charge in [0.2, 0.25) is 0 Å². The third kappa shape index (κ3) is 2.10. The van der Waals surface area contributed by atoms with Crippen LogP contribution >= 0.6 is 0 Å². The molecule has 0 radical (unpaired) electrons. The van der Waals surface area contributed by atoms with Crippen molar-refractivity contribution in [2.75, 3.05) is 31.1 Å². The molecule has 2 aliphatic heterocycles. The van der Waals surface area contributed by atoms with Gasteiger partial charge < -0.3 is 5.73 Å². The molecule has 2 heterocycles. The van der Waals surface area contributed by atoms with Crippen molar-refractivity contribution in [3.05, 3.63) is 0 Å². The SMILES string of the molecule is NCCC1CCN1CC1CS(=O)(=O)C1. The minimum Gasteiger partial charge on any atom is -0.330 e. The van der Waals surface area contributed by atoms with E-state index in [1.54, 1.807) is 0 Å². The van der Waals surface area contributed by atoms with Crippen LogP contribution in [0.15, 0.2) is 0 Å². The zero-order valence-electron chi connectivity index (χ0n) is 8.35. The molecule has 2 fully saturated rings. The van der Waals surface area contributed by atoms with E-state index in [1.807, 2.05) is 0 Å². The standard InChI is InChI=1S/C9H18N2O2S/c10-3-1-9-2-4-11(9)5-8-6-14(12,13)7-8/h8-9H,1-7,10H2. The van der Waals surface area contributed by atoms with Gasteiger partial charge in [-0.2, -0.15) is 0 Å². The van der Waals surface area contributed by atoms with Crippen LogP contribution in [0.1, 0.15) is 12.8 Å². The number of likely N-dealkylation sites (tertiary alicyclic amines) is 1. The van der Waals surface area contributed by atoms with E-state index in [-0.39, 0.29) is 0 Å². The van der Waals surface area contributed by atoms with Crippen LogP contribution in [0.2, 0.25) is 0 Å². The smallest absolute Gasteiger partial charge is 0.151 e. The lowest BCUT2D eigenvalue weighted by atomic mass is 9.98. The van der Waals surface area contributed by atoms with Crippen molar-refractivity contribution in [3.63, 3.8) is 0 Å². The Bertz CT molecular complexity index is 290. The van der Waals surface area contributed by atoms with E-state index >= 15 is 0 Å². The summed E-state index contributed by atoms with van der Waals surface area (Å²) in [6.07, 6.45) is 2.29. The molecule has 5 heteroatoms. The van der Waals surface area contributed by atoms with Gasteiger partial charge in [0.05, 0.1) is 11.5 Å². The van der Waals surface area contributed by atoms with E-state index in [2.05, 4.69) is 4.90 Å². The maximum Gasteiger partial charge on any atom is 0.151 e. The van der Waals surface area contributed by atoms with E-state index in [4.69, 9.17) is 5.73 Å². The summed E-state index contributed by atoms with van der Waals surface area (Å²) in [6.45, 7) is 2.83. The molecule has 2 rings (SSSR count). The maximum atomic E-state index is 11.0. The summed E-state index contributed by atoms with van der Waals surface area (Å²) in [7, 11) is -2.64. The molecule has 82 valence electrons. The second kappa shape index (κ2) is 3.79. The fourth-order valence-electron chi connectivity index (χ4n) is 2.36. The predicted molar refractivity (Wildman–Crippen MR) is 55.8 cm³/mol. The molecule has 0 aromatic heterocycles. The molecule has 0 aromatic carbocycles. The number of hydrogen-bond donors (Lipinski definition) is 1. The largest absolute Gasteiger partial charge is 0.330 e. The highest BCUT2D eigenvalue weighted by molar-refractivity contribution is 7.92. The fraction of sp³-hybridized carbons (Fsp3) is 1.00. The lowest BCUT2D eigenvalue weighted by Gasteiger charge is -2.44. The van der Waals surface area contributed by atoms with Gasteiger partial charge in [-0.05, 0) is 31.8 Å². The molecule has 0 bridgehead atoms. The fourth-order valence-corrected chi connectivity index (χ4v) is 3.91. The van der Waals surface area contributed by atoms with Gasteiger partial charge in [-0.1, -0.05) is 0 Å². The topological polar surface area (TPSA) is 63.4 Å². The third-order valence-corrected chi connectivity index (χ3v) is 5.20. The monoisotopic (exact) mass is 218 g/mol. The average molecular weight is 218 g/mol. The Morgan fingerprint density at radius 1 is 1.36 bits per heavy atom. The van der Waals surface area contributed by atoms with Crippen LogP contribution in [0.3, 0.4) is 0 Å². The van der Waals surface area contributed by atoms with Crippen molar-refractivity contribution in [2.45, 2.75) is 18.9 Å². The third-order valence-electron chi connectivity index (χ3n) is 3.24. The molecule has 2 aliphatic rings. The van der Waals surface area contributed by atoms with E-state index in [0.29, 0.717) is 23.5 Å². The van der Waals surface area contributed by atoms with Crippen LogP contribution in [0.25, 0.3) is 0 Å². The molecule has 2 N–H and O–H groups in total. The minimum atomic E-state index is -2.64. The highest BCUT2D eigenvalue weighted by atomic mass is 32.2. The number of rotatable bonds is 4. The molecule has 0 aromatic rings. The van der Waals surface area contributed by atoms with Crippen LogP contribution in [0.4, 0.5) is 0 Å². The number of nitrogens with two attached hydrogens (primary N) is 1. The Balaban J connectivity index is 1.72. The molecule has 1 unspecified atom stereocenters. The van der Waals surface area contributed by atoms with Crippen molar-refractivity contribution in [1.82, 2.24) is 4.90 Å². The molecule has 1 atom stereocenters. The van der Waals surface area contributed by atoms with Crippen molar-refractivity contribution in [3.8, 4) is 0 Å². The Kier molecular flexibility index (Phi) is 2.81. The first-order chi connectivity index (χ1) is 6.61. The lowest BCUT2D eigenvalue weighted by molar-refractivity contribution is 0.0712. The summed E-state index contributed by atoms with van der Waals surface area (Å²) in [4.78, 5) is 2.38. The van der Waals surface area contributed by atoms with Gasteiger partial charge in [0, 0.05) is 12.6 Å². The Labute approximate surface area is 85.4 Å². The van der Waals surface area contributed by atoms with Crippen LogP contribution in [0.5, 0.6) is 0 Å². The maximum absolute atomic E-state index is 11.0. The summed E-state index contributed by atoms with van der Waals surface area (Å²) >= 11 is 0. The van der Waals surface area contributed by atoms with E-state index in [9.17, 15) is 8.42 Å². The van der Waals surface area contributed by atoms with E-state index in [0.717, 1.165) is 26.1 Å². The van der Waals surface area contributed by atoms with Crippen LogP contribution in [-0.4, -0.2) is 50.5 Å². The number of sulfone groups is 1. The molecule has 0 amide bonds. The normalized spacial score (nSPS) is 32.2. The van der Waals surface area contributed by atoms with Gasteiger partial charge >= 0.3 is 0 Å². The lowest BCUT2D eigenvalue weighted by Crippen LogP contribution is -2.54. The Morgan fingerprint density at radius 3 is 2.50 bits per heavy atom. The Morgan fingerprint density at radius 2 is 2.07 bits per heavy atom. The van der Waals surface area contributed by atoms with E-state index < -0.39 is 9.84 Å². The van der Waals surface area contributed by atoms with Gasteiger partial charge in [-0.3, -0.25) is 4.90 Å².